The molecule has 2 aliphatic carbocycles. The standard InChI is InChI=1S/C50H34N2.Pt/c1-33-25-29-35(30-26-33)45-21-11-23-47(51-45)50(48-24-12-22-46(52-48)36-31-27-34(2)28-32-36)43-19-9-7-17-41(43)49(42-18-8-10-20-44(42)50)39-15-5-3-13-37(39)38-14-4-6-16-40(38)49;/h3-29,31H,1-2H3;/q-2;+2. The van der Waals surface area contributed by atoms with Gasteiger partial charge in [0.2, 0.25) is 0 Å². The normalized spacial score (nSPS) is 14.0. The summed E-state index contributed by atoms with van der Waals surface area (Å²) in [6, 6.07) is 68.3. The Balaban J connectivity index is 0.00000372. The minimum atomic E-state index is -0.855. The number of aromatic nitrogens is 2. The van der Waals surface area contributed by atoms with Gasteiger partial charge >= 0.3 is 21.1 Å². The summed E-state index contributed by atoms with van der Waals surface area (Å²) >= 11 is 0. The summed E-state index contributed by atoms with van der Waals surface area (Å²) in [5, 5.41) is 0. The van der Waals surface area contributed by atoms with Crippen LogP contribution in [0, 0.1) is 26.0 Å². The molecule has 10 rings (SSSR count). The van der Waals surface area contributed by atoms with Gasteiger partial charge in [-0.15, -0.1) is 70.8 Å². The van der Waals surface area contributed by atoms with Crippen molar-refractivity contribution < 1.29 is 21.1 Å². The summed E-state index contributed by atoms with van der Waals surface area (Å²) in [4.78, 5) is 11.2. The Bertz CT molecular complexity index is 2470. The molecule has 2 nitrogen and oxygen atoms in total. The Hall–Kier alpha value is -5.69. The van der Waals surface area contributed by atoms with Gasteiger partial charge in [-0.1, -0.05) is 135 Å². The van der Waals surface area contributed by atoms with Gasteiger partial charge in [-0.3, -0.25) is 9.97 Å². The van der Waals surface area contributed by atoms with Crippen molar-refractivity contribution in [3.63, 3.8) is 0 Å². The van der Waals surface area contributed by atoms with Crippen LogP contribution in [0.5, 0.6) is 0 Å². The number of rotatable bonds is 4. The molecule has 53 heavy (non-hydrogen) atoms. The van der Waals surface area contributed by atoms with E-state index in [9.17, 15) is 0 Å². The average molecular weight is 858 g/mol. The van der Waals surface area contributed by atoms with Gasteiger partial charge in [-0.05, 0) is 68.0 Å². The van der Waals surface area contributed by atoms with E-state index >= 15 is 0 Å². The molecule has 0 radical (unpaired) electrons. The molecular weight excluding hydrogens is 824 g/mol. The van der Waals surface area contributed by atoms with Gasteiger partial charge in [0.15, 0.2) is 0 Å². The van der Waals surface area contributed by atoms with Crippen LogP contribution in [0.3, 0.4) is 0 Å². The maximum Gasteiger partial charge on any atom is 2.00 e. The van der Waals surface area contributed by atoms with Gasteiger partial charge < -0.3 is 0 Å². The van der Waals surface area contributed by atoms with Crippen LogP contribution < -0.4 is 0 Å². The first-order valence-electron chi connectivity index (χ1n) is 17.9. The predicted octanol–water partition coefficient (Wildman–Crippen LogP) is 11.1. The van der Waals surface area contributed by atoms with Crippen molar-refractivity contribution in [3.05, 3.63) is 238 Å². The number of aryl methyl sites for hydroxylation is 2. The first kappa shape index (κ1) is 33.2. The molecule has 8 aromatic rings. The summed E-state index contributed by atoms with van der Waals surface area (Å²) in [5.41, 5.74) is 16.5. The molecule has 0 atom stereocenters. The van der Waals surface area contributed by atoms with Crippen LogP contribution >= 0.6 is 0 Å². The number of nitrogens with zero attached hydrogens (tertiary/aromatic N) is 2. The van der Waals surface area contributed by atoms with E-state index in [2.05, 4.69) is 184 Å². The van der Waals surface area contributed by atoms with E-state index in [-0.39, 0.29) is 21.1 Å². The molecule has 254 valence electrons. The second kappa shape index (κ2) is 12.8. The molecule has 0 unspecified atom stereocenters. The fraction of sp³-hybridized carbons (Fsp3) is 0.0800. The molecule has 2 aliphatic rings. The third-order valence-electron chi connectivity index (χ3n) is 11.2. The number of hydrogen-bond acceptors (Lipinski definition) is 2. The molecule has 1 spiro atoms. The molecule has 3 heteroatoms. The van der Waals surface area contributed by atoms with Crippen LogP contribution in [0.2, 0.25) is 0 Å². The zero-order chi connectivity index (χ0) is 34.9. The Morgan fingerprint density at radius 1 is 0.377 bits per heavy atom. The van der Waals surface area contributed by atoms with Crippen LogP contribution in [0.25, 0.3) is 33.6 Å². The molecule has 0 fully saturated rings. The van der Waals surface area contributed by atoms with E-state index in [4.69, 9.17) is 9.97 Å². The van der Waals surface area contributed by atoms with Gasteiger partial charge in [0.05, 0.1) is 16.8 Å². The minimum absolute atomic E-state index is 0. The van der Waals surface area contributed by atoms with Crippen molar-refractivity contribution in [1.82, 2.24) is 9.97 Å². The molecule has 0 saturated heterocycles. The zero-order valence-electron chi connectivity index (χ0n) is 29.4. The maximum absolute atomic E-state index is 5.58. The van der Waals surface area contributed by atoms with Crippen LogP contribution in [-0.2, 0) is 31.9 Å². The minimum Gasteiger partial charge on any atom is -0.300 e. The van der Waals surface area contributed by atoms with Crippen molar-refractivity contribution in [2.75, 3.05) is 0 Å². The maximum atomic E-state index is 5.58. The van der Waals surface area contributed by atoms with E-state index in [1.165, 1.54) is 55.6 Å². The van der Waals surface area contributed by atoms with E-state index in [1.54, 1.807) is 0 Å². The number of pyridine rings is 2. The van der Waals surface area contributed by atoms with E-state index in [1.807, 2.05) is 12.1 Å². The molecule has 0 amide bonds. The van der Waals surface area contributed by atoms with Crippen molar-refractivity contribution in [2.45, 2.75) is 24.7 Å². The fourth-order valence-corrected chi connectivity index (χ4v) is 8.97. The first-order valence-corrected chi connectivity index (χ1v) is 17.9. The zero-order valence-corrected chi connectivity index (χ0v) is 31.6. The molecule has 0 N–H and O–H groups in total. The van der Waals surface area contributed by atoms with Crippen molar-refractivity contribution in [2.24, 2.45) is 0 Å². The Morgan fingerprint density at radius 2 is 0.755 bits per heavy atom. The fourth-order valence-electron chi connectivity index (χ4n) is 8.97. The largest absolute Gasteiger partial charge is 2.00 e. The quantitative estimate of drug-likeness (QED) is 0.165. The smallest absolute Gasteiger partial charge is 0.300 e. The Morgan fingerprint density at radius 3 is 1.15 bits per heavy atom. The Labute approximate surface area is 325 Å². The molecule has 0 saturated carbocycles. The second-order valence-corrected chi connectivity index (χ2v) is 14.1. The van der Waals surface area contributed by atoms with Crippen molar-refractivity contribution >= 4 is 0 Å². The third-order valence-corrected chi connectivity index (χ3v) is 11.2. The molecule has 0 aliphatic heterocycles. The molecule has 2 aromatic heterocycles. The van der Waals surface area contributed by atoms with Gasteiger partial charge in [-0.2, -0.15) is 0 Å². The summed E-state index contributed by atoms with van der Waals surface area (Å²) in [7, 11) is 0. The number of benzene rings is 6. The summed E-state index contributed by atoms with van der Waals surface area (Å²) in [6.07, 6.45) is 0. The molecule has 6 aromatic carbocycles. The molecular formula is C50H34N2Pt. The SMILES string of the molecule is Cc1c[c-]c(-c2cccc(C3(c4cccc(-c5[c-]cc(C)cc5)n4)c4ccccc4C4(c5ccccc5-c5ccccc54)c4ccccc43)n2)cc1.[Pt+2]. The monoisotopic (exact) mass is 857 g/mol. The summed E-state index contributed by atoms with van der Waals surface area (Å²) in [5.74, 6) is 0. The molecule has 2 heterocycles. The van der Waals surface area contributed by atoms with Crippen LogP contribution in [-0.4, -0.2) is 9.97 Å². The van der Waals surface area contributed by atoms with Gasteiger partial charge in [-0.25, -0.2) is 0 Å². The summed E-state index contributed by atoms with van der Waals surface area (Å²) < 4.78 is 0. The van der Waals surface area contributed by atoms with Gasteiger partial charge in [0.25, 0.3) is 0 Å². The predicted molar refractivity (Wildman–Crippen MR) is 209 cm³/mol. The number of hydrogen-bond donors (Lipinski definition) is 0. The Kier molecular flexibility index (Phi) is 7.99. The number of fused-ring (bicyclic) bond motifs is 9. The van der Waals surface area contributed by atoms with E-state index in [0.29, 0.717) is 0 Å². The van der Waals surface area contributed by atoms with Crippen LogP contribution in [0.1, 0.15) is 55.9 Å². The average Bonchev–Trinajstić information content (AvgIpc) is 3.50. The van der Waals surface area contributed by atoms with Gasteiger partial charge in [0.1, 0.15) is 5.41 Å². The van der Waals surface area contributed by atoms with Gasteiger partial charge in [0, 0.05) is 0 Å². The van der Waals surface area contributed by atoms with E-state index < -0.39 is 10.8 Å². The van der Waals surface area contributed by atoms with Crippen molar-refractivity contribution in [1.29, 1.82) is 0 Å². The van der Waals surface area contributed by atoms with Crippen molar-refractivity contribution in [3.8, 4) is 33.6 Å². The summed E-state index contributed by atoms with van der Waals surface area (Å²) in [6.45, 7) is 4.18. The third kappa shape index (κ3) is 4.75. The molecule has 0 bridgehead atoms. The van der Waals surface area contributed by atoms with Crippen LogP contribution in [0.4, 0.5) is 0 Å². The first-order chi connectivity index (χ1) is 25.6. The second-order valence-electron chi connectivity index (χ2n) is 14.1. The van der Waals surface area contributed by atoms with Crippen LogP contribution in [0.15, 0.2) is 170 Å². The topological polar surface area (TPSA) is 25.8 Å². The van der Waals surface area contributed by atoms with E-state index in [0.717, 1.165) is 33.9 Å².